The maximum absolute atomic E-state index is 13.1. The van der Waals surface area contributed by atoms with Gasteiger partial charge in [0.1, 0.15) is 17.5 Å². The maximum atomic E-state index is 13.1. The van der Waals surface area contributed by atoms with Crippen LogP contribution in [0.25, 0.3) is 5.70 Å². The third-order valence-electron chi connectivity index (χ3n) is 6.11. The summed E-state index contributed by atoms with van der Waals surface area (Å²) in [7, 11) is 0. The van der Waals surface area contributed by atoms with Crippen molar-refractivity contribution in [1.29, 1.82) is 5.26 Å². The summed E-state index contributed by atoms with van der Waals surface area (Å²) in [4.78, 5) is 32.3. The van der Waals surface area contributed by atoms with Gasteiger partial charge in [-0.25, -0.2) is 4.99 Å². The van der Waals surface area contributed by atoms with Crippen LogP contribution in [-0.4, -0.2) is 35.6 Å². The van der Waals surface area contributed by atoms with Crippen molar-refractivity contribution in [2.45, 2.75) is 45.4 Å². The molecule has 1 saturated heterocycles. The summed E-state index contributed by atoms with van der Waals surface area (Å²) in [6.07, 6.45) is 2.97. The third-order valence-corrected chi connectivity index (χ3v) is 6.11. The summed E-state index contributed by atoms with van der Waals surface area (Å²) in [5.74, 6) is -0.230. The first-order valence-electron chi connectivity index (χ1n) is 11.3. The molecule has 2 aromatic rings. The minimum absolute atomic E-state index is 0.00221. The number of rotatable bonds is 2. The van der Waals surface area contributed by atoms with Crippen molar-refractivity contribution >= 4 is 23.3 Å². The highest BCUT2D eigenvalue weighted by Crippen LogP contribution is 2.31. The van der Waals surface area contributed by atoms with Crippen molar-refractivity contribution in [2.75, 3.05) is 13.1 Å². The monoisotopic (exact) mass is 440 g/mol. The standard InChI is InChI=1S/C27H28N4O2/c1-27(2,3)19-13-11-18(12-14-19)25(32)30-24-21-10-6-5-9-20(21)23(29-24)22(17-28)26(33)31-15-7-4-8-16-31/h5-6,9-14H,4,7-8,15-16H2,1-3H3,(H,29,30,32)/b23-22+. The van der Waals surface area contributed by atoms with Crippen LogP contribution < -0.4 is 5.32 Å². The van der Waals surface area contributed by atoms with Gasteiger partial charge in [0.25, 0.3) is 11.8 Å². The highest BCUT2D eigenvalue weighted by molar-refractivity contribution is 6.20. The molecule has 0 atom stereocenters. The van der Waals surface area contributed by atoms with Crippen LogP contribution in [0.5, 0.6) is 0 Å². The predicted molar refractivity (Wildman–Crippen MR) is 129 cm³/mol. The lowest BCUT2D eigenvalue weighted by Gasteiger charge is -2.26. The molecule has 1 N–H and O–H groups in total. The van der Waals surface area contributed by atoms with Gasteiger partial charge in [0, 0.05) is 29.8 Å². The minimum atomic E-state index is -0.295. The van der Waals surface area contributed by atoms with E-state index in [1.807, 2.05) is 36.4 Å². The van der Waals surface area contributed by atoms with Crippen LogP contribution in [0.2, 0.25) is 0 Å². The van der Waals surface area contributed by atoms with Gasteiger partial charge in [0.15, 0.2) is 0 Å². The lowest BCUT2D eigenvalue weighted by Crippen LogP contribution is -2.36. The molecule has 0 spiro atoms. The van der Waals surface area contributed by atoms with Gasteiger partial charge in [0.2, 0.25) is 0 Å². The molecule has 168 valence electrons. The first-order chi connectivity index (χ1) is 15.8. The fraction of sp³-hybridized carbons (Fsp3) is 0.333. The maximum Gasteiger partial charge on any atom is 0.266 e. The zero-order chi connectivity index (χ0) is 23.6. The van der Waals surface area contributed by atoms with Crippen molar-refractivity contribution < 1.29 is 9.59 Å². The van der Waals surface area contributed by atoms with Gasteiger partial charge in [-0.2, -0.15) is 5.26 Å². The van der Waals surface area contributed by atoms with Gasteiger partial charge in [-0.3, -0.25) is 9.59 Å². The van der Waals surface area contributed by atoms with Crippen molar-refractivity contribution in [3.8, 4) is 6.07 Å². The molecular formula is C27H28N4O2. The number of nitriles is 1. The molecule has 2 aliphatic rings. The molecule has 0 aliphatic carbocycles. The van der Waals surface area contributed by atoms with Crippen molar-refractivity contribution in [1.82, 2.24) is 10.2 Å². The molecule has 1 fully saturated rings. The summed E-state index contributed by atoms with van der Waals surface area (Å²) < 4.78 is 0. The Morgan fingerprint density at radius 1 is 0.970 bits per heavy atom. The average molecular weight is 441 g/mol. The fourth-order valence-electron chi connectivity index (χ4n) is 4.17. The number of benzene rings is 2. The molecule has 2 aromatic carbocycles. The molecule has 2 heterocycles. The Labute approximate surface area is 194 Å². The van der Waals surface area contributed by atoms with Crippen LogP contribution in [0.3, 0.4) is 0 Å². The number of carbonyl (C=O) groups excluding carboxylic acids is 2. The molecule has 2 amide bonds. The van der Waals surface area contributed by atoms with E-state index >= 15 is 0 Å². The number of nitrogens with one attached hydrogen (secondary N) is 1. The minimum Gasteiger partial charge on any atom is -0.338 e. The zero-order valence-corrected chi connectivity index (χ0v) is 19.3. The van der Waals surface area contributed by atoms with Crippen LogP contribution in [0, 0.1) is 11.3 Å². The SMILES string of the molecule is CC(C)(C)c1ccc(C(=O)NC2=N/C(=C(\C#N)C(=O)N3CCCCC3)c3ccccc32)cc1. The Hall–Kier alpha value is -3.72. The van der Waals surface area contributed by atoms with Crippen LogP contribution in [0.1, 0.15) is 67.1 Å². The fourth-order valence-corrected chi connectivity index (χ4v) is 4.17. The smallest absolute Gasteiger partial charge is 0.266 e. The molecule has 0 bridgehead atoms. The lowest BCUT2D eigenvalue weighted by molar-refractivity contribution is -0.127. The van der Waals surface area contributed by atoms with E-state index in [1.54, 1.807) is 17.0 Å². The van der Waals surface area contributed by atoms with Gasteiger partial charge >= 0.3 is 0 Å². The first kappa shape index (κ1) is 22.5. The Morgan fingerprint density at radius 3 is 2.21 bits per heavy atom. The van der Waals surface area contributed by atoms with Gasteiger partial charge in [0.05, 0.1) is 5.70 Å². The number of likely N-dealkylation sites (tertiary alicyclic amines) is 1. The number of amides is 2. The third kappa shape index (κ3) is 4.58. The highest BCUT2D eigenvalue weighted by Gasteiger charge is 2.30. The topological polar surface area (TPSA) is 85.6 Å². The van der Waals surface area contributed by atoms with E-state index in [-0.39, 0.29) is 22.8 Å². The van der Waals surface area contributed by atoms with Crippen molar-refractivity contribution in [3.63, 3.8) is 0 Å². The molecule has 0 radical (unpaired) electrons. The second-order valence-electron chi connectivity index (χ2n) is 9.48. The number of hydrogen-bond acceptors (Lipinski definition) is 4. The second kappa shape index (κ2) is 9.03. The Kier molecular flexibility index (Phi) is 6.15. The van der Waals surface area contributed by atoms with E-state index in [9.17, 15) is 14.9 Å². The molecule has 2 aliphatic heterocycles. The van der Waals surface area contributed by atoms with Gasteiger partial charge in [-0.1, -0.05) is 57.2 Å². The Morgan fingerprint density at radius 2 is 1.61 bits per heavy atom. The number of nitrogens with zero attached hydrogens (tertiary/aromatic N) is 3. The Bertz CT molecular complexity index is 1190. The van der Waals surface area contributed by atoms with E-state index in [0.717, 1.165) is 24.8 Å². The molecule has 6 heteroatoms. The van der Waals surface area contributed by atoms with Gasteiger partial charge < -0.3 is 10.2 Å². The summed E-state index contributed by atoms with van der Waals surface area (Å²) in [5, 5.41) is 12.7. The van der Waals surface area contributed by atoms with E-state index in [2.05, 4.69) is 37.1 Å². The number of piperidine rings is 1. The number of carbonyl (C=O) groups is 2. The first-order valence-corrected chi connectivity index (χ1v) is 11.3. The molecule has 4 rings (SSSR count). The highest BCUT2D eigenvalue weighted by atomic mass is 16.2. The summed E-state index contributed by atoms with van der Waals surface area (Å²) in [6, 6.07) is 16.9. The van der Waals surface area contributed by atoms with Crippen LogP contribution >= 0.6 is 0 Å². The lowest BCUT2D eigenvalue weighted by atomic mass is 9.87. The van der Waals surface area contributed by atoms with Crippen LogP contribution in [-0.2, 0) is 10.2 Å². The van der Waals surface area contributed by atoms with Crippen LogP contribution in [0.15, 0.2) is 59.1 Å². The Balaban J connectivity index is 1.65. The molecular weight excluding hydrogens is 412 g/mol. The quantitative estimate of drug-likeness (QED) is 0.554. The van der Waals surface area contributed by atoms with E-state index in [0.29, 0.717) is 41.3 Å². The van der Waals surface area contributed by atoms with Gasteiger partial charge in [-0.15, -0.1) is 0 Å². The molecule has 33 heavy (non-hydrogen) atoms. The van der Waals surface area contributed by atoms with E-state index in [1.165, 1.54) is 0 Å². The number of aliphatic imine (C=N–C) groups is 1. The number of hydrogen-bond donors (Lipinski definition) is 1. The van der Waals surface area contributed by atoms with Gasteiger partial charge in [-0.05, 0) is 42.4 Å². The molecule has 6 nitrogen and oxygen atoms in total. The molecule has 0 saturated carbocycles. The molecule has 0 aromatic heterocycles. The predicted octanol–water partition coefficient (Wildman–Crippen LogP) is 4.42. The summed E-state index contributed by atoms with van der Waals surface area (Å²) >= 11 is 0. The van der Waals surface area contributed by atoms with Crippen LogP contribution in [0.4, 0.5) is 0 Å². The summed E-state index contributed by atoms with van der Waals surface area (Å²) in [6.45, 7) is 7.67. The van der Waals surface area contributed by atoms with Crippen molar-refractivity contribution in [2.24, 2.45) is 4.99 Å². The normalized spacial score (nSPS) is 17.0. The zero-order valence-electron chi connectivity index (χ0n) is 19.3. The van der Waals surface area contributed by atoms with E-state index in [4.69, 9.17) is 0 Å². The summed E-state index contributed by atoms with van der Waals surface area (Å²) in [5.41, 5.74) is 3.38. The number of fused-ring (bicyclic) bond motifs is 1. The number of amidine groups is 1. The average Bonchev–Trinajstić information content (AvgIpc) is 3.17. The largest absolute Gasteiger partial charge is 0.338 e. The second-order valence-corrected chi connectivity index (χ2v) is 9.48. The van der Waals surface area contributed by atoms with E-state index < -0.39 is 0 Å². The molecule has 0 unspecified atom stereocenters. The van der Waals surface area contributed by atoms with Crippen molar-refractivity contribution in [3.05, 3.63) is 76.4 Å².